The van der Waals surface area contributed by atoms with Crippen LogP contribution in [0, 0.1) is 0 Å². The molecule has 3 aromatic rings. The largest absolute Gasteiger partial charge is 0.381 e. The molecule has 1 aliphatic heterocycles. The van der Waals surface area contributed by atoms with Gasteiger partial charge in [-0.15, -0.1) is 11.3 Å². The molecule has 26 heavy (non-hydrogen) atoms. The van der Waals surface area contributed by atoms with E-state index in [1.807, 2.05) is 18.3 Å². The summed E-state index contributed by atoms with van der Waals surface area (Å²) in [6.45, 7) is 2.29. The van der Waals surface area contributed by atoms with Crippen LogP contribution in [0.25, 0.3) is 10.9 Å². The van der Waals surface area contributed by atoms with E-state index in [-0.39, 0.29) is 5.91 Å². The van der Waals surface area contributed by atoms with Crippen LogP contribution in [-0.4, -0.2) is 41.6 Å². The van der Waals surface area contributed by atoms with Gasteiger partial charge in [0.05, 0.1) is 6.42 Å². The Morgan fingerprint density at radius 1 is 1.19 bits per heavy atom. The van der Waals surface area contributed by atoms with Crippen LogP contribution in [0.4, 0.5) is 0 Å². The van der Waals surface area contributed by atoms with E-state index in [2.05, 4.69) is 39.5 Å². The van der Waals surface area contributed by atoms with Crippen molar-refractivity contribution < 1.29 is 9.53 Å². The summed E-state index contributed by atoms with van der Waals surface area (Å²) in [5.41, 5.74) is 2.17. The number of nitrogens with one attached hydrogen (secondary N) is 1. The highest BCUT2D eigenvalue weighted by molar-refractivity contribution is 7.09. The quantitative estimate of drug-likeness (QED) is 0.714. The summed E-state index contributed by atoms with van der Waals surface area (Å²) in [4.78, 5) is 19.9. The Kier molecular flexibility index (Phi) is 5.37. The van der Waals surface area contributed by atoms with Crippen molar-refractivity contribution in [3.63, 3.8) is 0 Å². The minimum absolute atomic E-state index is 0.221. The van der Waals surface area contributed by atoms with E-state index in [1.54, 1.807) is 11.3 Å². The van der Waals surface area contributed by atoms with Crippen molar-refractivity contribution in [2.24, 2.45) is 0 Å². The molecular formula is C21H24N2O2S. The van der Waals surface area contributed by atoms with E-state index in [4.69, 9.17) is 4.74 Å². The van der Waals surface area contributed by atoms with Gasteiger partial charge in [0.2, 0.25) is 5.91 Å². The Labute approximate surface area is 157 Å². The lowest BCUT2D eigenvalue weighted by Gasteiger charge is -2.34. The summed E-state index contributed by atoms with van der Waals surface area (Å²) in [7, 11) is 0. The average Bonchev–Trinajstić information content (AvgIpc) is 3.33. The molecule has 1 amide bonds. The normalized spacial score (nSPS) is 15.4. The second kappa shape index (κ2) is 8.06. The topological polar surface area (TPSA) is 45.3 Å². The van der Waals surface area contributed by atoms with E-state index >= 15 is 0 Å². The fourth-order valence-electron chi connectivity index (χ4n) is 3.74. The van der Waals surface area contributed by atoms with Gasteiger partial charge in [-0.1, -0.05) is 24.3 Å². The fourth-order valence-corrected chi connectivity index (χ4v) is 4.43. The Hall–Kier alpha value is -2.11. The molecule has 1 saturated heterocycles. The molecule has 1 N–H and O–H groups in total. The van der Waals surface area contributed by atoms with Crippen molar-refractivity contribution in [3.8, 4) is 0 Å². The van der Waals surface area contributed by atoms with Crippen LogP contribution in [0.5, 0.6) is 0 Å². The number of carbonyl (C=O) groups is 1. The average molecular weight is 369 g/mol. The molecule has 0 spiro atoms. The first kappa shape index (κ1) is 17.3. The summed E-state index contributed by atoms with van der Waals surface area (Å²) in [5, 5.41) is 3.24. The van der Waals surface area contributed by atoms with E-state index < -0.39 is 0 Å². The SMILES string of the molecule is O=C(Cc1c[nH]c2ccccc12)N(CCc1cccs1)C1CCOCC1. The van der Waals surface area contributed by atoms with Gasteiger partial charge in [-0.25, -0.2) is 0 Å². The molecule has 0 saturated carbocycles. The minimum Gasteiger partial charge on any atom is -0.381 e. The summed E-state index contributed by atoms with van der Waals surface area (Å²) in [6.07, 6.45) is 5.22. The van der Waals surface area contributed by atoms with Crippen molar-refractivity contribution in [2.75, 3.05) is 19.8 Å². The lowest BCUT2D eigenvalue weighted by Crippen LogP contribution is -2.45. The molecule has 0 bridgehead atoms. The Bertz CT molecular complexity index is 850. The summed E-state index contributed by atoms with van der Waals surface area (Å²) < 4.78 is 5.50. The van der Waals surface area contributed by atoms with Crippen LogP contribution >= 0.6 is 11.3 Å². The Morgan fingerprint density at radius 3 is 2.85 bits per heavy atom. The maximum absolute atomic E-state index is 13.2. The molecule has 3 heterocycles. The number of aromatic nitrogens is 1. The lowest BCUT2D eigenvalue weighted by molar-refractivity contribution is -0.134. The number of H-pyrrole nitrogens is 1. The van der Waals surface area contributed by atoms with Gasteiger partial charge >= 0.3 is 0 Å². The van der Waals surface area contributed by atoms with Gasteiger partial charge in [0.15, 0.2) is 0 Å². The van der Waals surface area contributed by atoms with Crippen molar-refractivity contribution in [1.29, 1.82) is 0 Å². The van der Waals surface area contributed by atoms with Crippen LogP contribution < -0.4 is 0 Å². The van der Waals surface area contributed by atoms with Crippen molar-refractivity contribution in [2.45, 2.75) is 31.7 Å². The number of hydrogen-bond acceptors (Lipinski definition) is 3. The molecule has 5 heteroatoms. The number of aromatic amines is 1. The van der Waals surface area contributed by atoms with E-state index in [1.165, 1.54) is 4.88 Å². The number of hydrogen-bond donors (Lipinski definition) is 1. The predicted octanol–water partition coefficient (Wildman–Crippen LogP) is 4.02. The molecule has 0 atom stereocenters. The van der Waals surface area contributed by atoms with Crippen molar-refractivity contribution in [3.05, 3.63) is 58.4 Å². The van der Waals surface area contributed by atoms with Crippen LogP contribution in [0.2, 0.25) is 0 Å². The standard InChI is InChI=1S/C21H24N2O2S/c24-21(14-16-15-22-20-6-2-1-5-19(16)20)23(17-8-11-25-12-9-17)10-7-18-4-3-13-26-18/h1-6,13,15,17,22H,7-12,14H2. The van der Waals surface area contributed by atoms with E-state index in [9.17, 15) is 4.79 Å². The second-order valence-electron chi connectivity index (χ2n) is 6.80. The van der Waals surface area contributed by atoms with Gasteiger partial charge in [-0.2, -0.15) is 0 Å². The number of carbonyl (C=O) groups excluding carboxylic acids is 1. The smallest absolute Gasteiger partial charge is 0.227 e. The summed E-state index contributed by atoms with van der Waals surface area (Å²) >= 11 is 1.76. The molecule has 1 aliphatic rings. The van der Waals surface area contributed by atoms with Crippen LogP contribution in [0.1, 0.15) is 23.3 Å². The number of rotatable bonds is 6. The van der Waals surface area contributed by atoms with Gasteiger partial charge in [0.1, 0.15) is 0 Å². The molecule has 0 unspecified atom stereocenters. The van der Waals surface area contributed by atoms with E-state index in [0.717, 1.165) is 55.5 Å². The molecule has 4 rings (SSSR count). The zero-order valence-electron chi connectivity index (χ0n) is 14.8. The Morgan fingerprint density at radius 2 is 2.04 bits per heavy atom. The molecule has 4 nitrogen and oxygen atoms in total. The van der Waals surface area contributed by atoms with Gasteiger partial charge in [0.25, 0.3) is 0 Å². The highest BCUT2D eigenvalue weighted by Crippen LogP contribution is 2.22. The first-order valence-electron chi connectivity index (χ1n) is 9.26. The second-order valence-corrected chi connectivity index (χ2v) is 7.83. The Balaban J connectivity index is 1.50. The van der Waals surface area contributed by atoms with Crippen LogP contribution in [-0.2, 0) is 22.4 Å². The third-order valence-corrected chi connectivity index (χ3v) is 6.08. The first-order chi connectivity index (χ1) is 12.8. The van der Waals surface area contributed by atoms with Crippen molar-refractivity contribution in [1.82, 2.24) is 9.88 Å². The van der Waals surface area contributed by atoms with Crippen molar-refractivity contribution >= 4 is 28.1 Å². The zero-order valence-corrected chi connectivity index (χ0v) is 15.6. The number of benzene rings is 1. The molecule has 0 aliphatic carbocycles. The predicted molar refractivity (Wildman–Crippen MR) is 106 cm³/mol. The van der Waals surface area contributed by atoms with Crippen LogP contribution in [0.3, 0.4) is 0 Å². The maximum atomic E-state index is 13.2. The monoisotopic (exact) mass is 368 g/mol. The number of ether oxygens (including phenoxy) is 1. The number of fused-ring (bicyclic) bond motifs is 1. The van der Waals surface area contributed by atoms with E-state index in [0.29, 0.717) is 12.5 Å². The number of amides is 1. The van der Waals surface area contributed by atoms with Gasteiger partial charge < -0.3 is 14.6 Å². The first-order valence-corrected chi connectivity index (χ1v) is 10.1. The number of nitrogens with zero attached hydrogens (tertiary/aromatic N) is 1. The fraction of sp³-hybridized carbons (Fsp3) is 0.381. The molecule has 136 valence electrons. The van der Waals surface area contributed by atoms with Crippen LogP contribution in [0.15, 0.2) is 48.0 Å². The van der Waals surface area contributed by atoms with Gasteiger partial charge in [-0.3, -0.25) is 4.79 Å². The lowest BCUT2D eigenvalue weighted by atomic mass is 10.0. The van der Waals surface area contributed by atoms with Gasteiger partial charge in [0, 0.05) is 47.8 Å². The zero-order chi connectivity index (χ0) is 17.8. The minimum atomic E-state index is 0.221. The number of thiophene rings is 1. The summed E-state index contributed by atoms with van der Waals surface area (Å²) in [6, 6.07) is 12.7. The van der Waals surface area contributed by atoms with Gasteiger partial charge in [-0.05, 0) is 42.3 Å². The molecule has 2 aromatic heterocycles. The summed E-state index contributed by atoms with van der Waals surface area (Å²) in [5.74, 6) is 0.221. The maximum Gasteiger partial charge on any atom is 0.227 e. The highest BCUT2D eigenvalue weighted by Gasteiger charge is 2.26. The molecule has 1 fully saturated rings. The molecular weight excluding hydrogens is 344 g/mol. The number of para-hydroxylation sites is 1. The third-order valence-electron chi connectivity index (χ3n) is 5.15. The third kappa shape index (κ3) is 3.84. The molecule has 1 aromatic carbocycles. The molecule has 0 radical (unpaired) electrons. The highest BCUT2D eigenvalue weighted by atomic mass is 32.1.